The highest BCUT2D eigenvalue weighted by Gasteiger charge is 2.09. The Labute approximate surface area is 125 Å². The lowest BCUT2D eigenvalue weighted by Gasteiger charge is -2.10. The van der Waals surface area contributed by atoms with Crippen LogP contribution in [0, 0.1) is 0 Å². The molecule has 0 bridgehead atoms. The molecular weight excluding hydrogens is 266 g/mol. The molecule has 0 fully saturated rings. The van der Waals surface area contributed by atoms with Crippen molar-refractivity contribution in [2.45, 2.75) is 26.7 Å². The first kappa shape index (κ1) is 15.1. The summed E-state index contributed by atoms with van der Waals surface area (Å²) in [4.78, 5) is 9.04. The molecule has 0 atom stereocenters. The van der Waals surface area contributed by atoms with E-state index in [0.29, 0.717) is 11.6 Å². The predicted molar refractivity (Wildman–Crippen MR) is 83.8 cm³/mol. The number of phenolic OH excluding ortho intramolecular Hbond substituents is 1. The summed E-state index contributed by atoms with van der Waals surface area (Å²) in [5.41, 5.74) is 1.73. The third kappa shape index (κ3) is 3.62. The summed E-state index contributed by atoms with van der Waals surface area (Å²) in [7, 11) is 1.52. The summed E-state index contributed by atoms with van der Waals surface area (Å²) >= 11 is 0. The van der Waals surface area contributed by atoms with Crippen LogP contribution in [0.5, 0.6) is 11.5 Å². The number of nitrogens with zero attached hydrogens (tertiary/aromatic N) is 2. The zero-order chi connectivity index (χ0) is 15.2. The van der Waals surface area contributed by atoms with Gasteiger partial charge < -0.3 is 15.2 Å². The second kappa shape index (κ2) is 6.92. The average molecular weight is 287 g/mol. The zero-order valence-corrected chi connectivity index (χ0v) is 12.7. The van der Waals surface area contributed by atoms with Crippen LogP contribution in [0.25, 0.3) is 11.4 Å². The minimum Gasteiger partial charge on any atom is -0.504 e. The molecule has 112 valence electrons. The largest absolute Gasteiger partial charge is 0.504 e. The standard InChI is InChI=1S/C16H21N3O2/c1-4-8-17-15-10-12(5-2)18-16(19-15)11-6-7-14(21-3)13(20)9-11/h6-7,9-10,20H,4-5,8H2,1-3H3,(H,17,18,19). The van der Waals surface area contributed by atoms with Crippen molar-refractivity contribution >= 4 is 5.82 Å². The van der Waals surface area contributed by atoms with Crippen molar-refractivity contribution in [3.8, 4) is 22.9 Å². The van der Waals surface area contributed by atoms with Crippen molar-refractivity contribution in [1.82, 2.24) is 9.97 Å². The maximum atomic E-state index is 9.89. The Balaban J connectivity index is 2.39. The Hall–Kier alpha value is -2.30. The quantitative estimate of drug-likeness (QED) is 0.853. The van der Waals surface area contributed by atoms with Crippen molar-refractivity contribution in [3.05, 3.63) is 30.0 Å². The Bertz CT molecular complexity index is 614. The van der Waals surface area contributed by atoms with Crippen molar-refractivity contribution < 1.29 is 9.84 Å². The van der Waals surface area contributed by atoms with E-state index >= 15 is 0 Å². The monoisotopic (exact) mass is 287 g/mol. The molecule has 2 N–H and O–H groups in total. The Morgan fingerprint density at radius 1 is 1.19 bits per heavy atom. The van der Waals surface area contributed by atoms with Crippen LogP contribution in [0.1, 0.15) is 26.0 Å². The van der Waals surface area contributed by atoms with Crippen molar-refractivity contribution in [2.75, 3.05) is 19.0 Å². The first-order valence-corrected chi connectivity index (χ1v) is 7.17. The van der Waals surface area contributed by atoms with Gasteiger partial charge in [0.25, 0.3) is 0 Å². The number of aromatic nitrogens is 2. The molecule has 0 saturated heterocycles. The molecule has 0 radical (unpaired) electrons. The second-order valence-corrected chi connectivity index (χ2v) is 4.74. The minimum atomic E-state index is 0.0866. The van der Waals surface area contributed by atoms with Gasteiger partial charge in [-0.25, -0.2) is 9.97 Å². The third-order valence-electron chi connectivity index (χ3n) is 3.13. The molecule has 0 unspecified atom stereocenters. The molecule has 0 saturated carbocycles. The molecule has 2 aromatic rings. The lowest BCUT2D eigenvalue weighted by atomic mass is 10.1. The fourth-order valence-electron chi connectivity index (χ4n) is 1.98. The molecule has 0 amide bonds. The van der Waals surface area contributed by atoms with E-state index in [1.807, 2.05) is 12.1 Å². The molecule has 2 rings (SSSR count). The average Bonchev–Trinajstić information content (AvgIpc) is 2.52. The van der Waals surface area contributed by atoms with Crippen LogP contribution in [-0.4, -0.2) is 28.7 Å². The fourth-order valence-corrected chi connectivity index (χ4v) is 1.98. The molecule has 1 aromatic heterocycles. The van der Waals surface area contributed by atoms with Crippen LogP contribution in [0.15, 0.2) is 24.3 Å². The summed E-state index contributed by atoms with van der Waals surface area (Å²) in [5, 5.41) is 13.2. The smallest absolute Gasteiger partial charge is 0.161 e. The normalized spacial score (nSPS) is 10.4. The van der Waals surface area contributed by atoms with Gasteiger partial charge in [-0.2, -0.15) is 0 Å². The van der Waals surface area contributed by atoms with Gasteiger partial charge in [-0.05, 0) is 31.0 Å². The highest BCUT2D eigenvalue weighted by atomic mass is 16.5. The van der Waals surface area contributed by atoms with E-state index in [0.717, 1.165) is 36.5 Å². The van der Waals surface area contributed by atoms with Gasteiger partial charge in [0, 0.05) is 23.9 Å². The van der Waals surface area contributed by atoms with E-state index in [2.05, 4.69) is 29.1 Å². The SMILES string of the molecule is CCCNc1cc(CC)nc(-c2ccc(OC)c(O)c2)n1. The molecule has 0 aliphatic heterocycles. The van der Waals surface area contributed by atoms with Gasteiger partial charge in [0.05, 0.1) is 7.11 Å². The van der Waals surface area contributed by atoms with E-state index in [-0.39, 0.29) is 5.75 Å². The predicted octanol–water partition coefficient (Wildman–Crippen LogP) is 3.24. The summed E-state index contributed by atoms with van der Waals surface area (Å²) in [6, 6.07) is 7.14. The Morgan fingerprint density at radius 3 is 2.62 bits per heavy atom. The number of aromatic hydroxyl groups is 1. The van der Waals surface area contributed by atoms with Gasteiger partial charge in [0.15, 0.2) is 17.3 Å². The number of methoxy groups -OCH3 is 1. The van der Waals surface area contributed by atoms with Crippen molar-refractivity contribution in [3.63, 3.8) is 0 Å². The van der Waals surface area contributed by atoms with E-state index in [1.165, 1.54) is 7.11 Å². The number of ether oxygens (including phenoxy) is 1. The molecular formula is C16H21N3O2. The highest BCUT2D eigenvalue weighted by Crippen LogP contribution is 2.30. The lowest BCUT2D eigenvalue weighted by Crippen LogP contribution is -2.05. The summed E-state index contributed by atoms with van der Waals surface area (Å²) < 4.78 is 5.05. The molecule has 21 heavy (non-hydrogen) atoms. The lowest BCUT2D eigenvalue weighted by molar-refractivity contribution is 0.373. The van der Waals surface area contributed by atoms with Crippen LogP contribution >= 0.6 is 0 Å². The van der Waals surface area contributed by atoms with Crippen LogP contribution in [0.2, 0.25) is 0 Å². The van der Waals surface area contributed by atoms with E-state index in [4.69, 9.17) is 4.74 Å². The number of anilines is 1. The number of rotatable bonds is 6. The highest BCUT2D eigenvalue weighted by molar-refractivity contribution is 5.62. The molecule has 0 aliphatic rings. The Kier molecular flexibility index (Phi) is 4.98. The van der Waals surface area contributed by atoms with Gasteiger partial charge in [-0.3, -0.25) is 0 Å². The molecule has 1 aromatic carbocycles. The van der Waals surface area contributed by atoms with Gasteiger partial charge >= 0.3 is 0 Å². The van der Waals surface area contributed by atoms with E-state index < -0.39 is 0 Å². The summed E-state index contributed by atoms with van der Waals surface area (Å²) in [5.74, 6) is 1.94. The van der Waals surface area contributed by atoms with Gasteiger partial charge in [0.1, 0.15) is 5.82 Å². The minimum absolute atomic E-state index is 0.0866. The zero-order valence-electron chi connectivity index (χ0n) is 12.7. The maximum absolute atomic E-state index is 9.89. The molecule has 5 nitrogen and oxygen atoms in total. The number of aryl methyl sites for hydroxylation is 1. The topological polar surface area (TPSA) is 67.3 Å². The summed E-state index contributed by atoms with van der Waals surface area (Å²) in [6.45, 7) is 5.03. The maximum Gasteiger partial charge on any atom is 0.161 e. The van der Waals surface area contributed by atoms with Crippen LogP contribution < -0.4 is 10.1 Å². The molecule has 5 heteroatoms. The first-order chi connectivity index (χ1) is 10.2. The van der Waals surface area contributed by atoms with Crippen LogP contribution in [0.4, 0.5) is 5.82 Å². The summed E-state index contributed by atoms with van der Waals surface area (Å²) in [6.07, 6.45) is 1.86. The number of hydrogen-bond acceptors (Lipinski definition) is 5. The van der Waals surface area contributed by atoms with Crippen LogP contribution in [-0.2, 0) is 6.42 Å². The van der Waals surface area contributed by atoms with Gasteiger partial charge in [0.2, 0.25) is 0 Å². The second-order valence-electron chi connectivity index (χ2n) is 4.74. The third-order valence-corrected chi connectivity index (χ3v) is 3.13. The van der Waals surface area contributed by atoms with Crippen LogP contribution in [0.3, 0.4) is 0 Å². The molecule has 1 heterocycles. The first-order valence-electron chi connectivity index (χ1n) is 7.17. The van der Waals surface area contributed by atoms with Crippen molar-refractivity contribution in [2.24, 2.45) is 0 Å². The van der Waals surface area contributed by atoms with E-state index in [9.17, 15) is 5.11 Å². The number of nitrogens with one attached hydrogen (secondary N) is 1. The number of benzene rings is 1. The van der Waals surface area contributed by atoms with Gasteiger partial charge in [-0.15, -0.1) is 0 Å². The number of phenols is 1. The van der Waals surface area contributed by atoms with Crippen molar-refractivity contribution in [1.29, 1.82) is 0 Å². The Morgan fingerprint density at radius 2 is 2.00 bits per heavy atom. The molecule has 0 aliphatic carbocycles. The molecule has 0 spiro atoms. The fraction of sp³-hybridized carbons (Fsp3) is 0.375. The number of hydrogen-bond donors (Lipinski definition) is 2. The van der Waals surface area contributed by atoms with Gasteiger partial charge in [-0.1, -0.05) is 13.8 Å². The van der Waals surface area contributed by atoms with E-state index in [1.54, 1.807) is 12.1 Å².